The van der Waals surface area contributed by atoms with Gasteiger partial charge in [0.15, 0.2) is 6.29 Å². The Morgan fingerprint density at radius 1 is 1.47 bits per heavy atom. The van der Waals surface area contributed by atoms with Crippen LogP contribution in [-0.4, -0.2) is 26.0 Å². The van der Waals surface area contributed by atoms with Crippen LogP contribution < -0.4 is 0 Å². The van der Waals surface area contributed by atoms with E-state index < -0.39 is 0 Å². The van der Waals surface area contributed by atoms with E-state index >= 15 is 0 Å². The van der Waals surface area contributed by atoms with E-state index in [0.29, 0.717) is 22.8 Å². The number of carbonyl (C=O) groups excluding carboxylic acids is 1. The van der Waals surface area contributed by atoms with Crippen LogP contribution in [0.15, 0.2) is 18.5 Å². The molecule has 0 saturated carbocycles. The molecule has 2 heterocycles. The molecule has 5 heteroatoms. The van der Waals surface area contributed by atoms with Gasteiger partial charge in [-0.1, -0.05) is 0 Å². The number of aldehydes is 1. The van der Waals surface area contributed by atoms with Crippen LogP contribution in [0.25, 0.3) is 11.4 Å². The van der Waals surface area contributed by atoms with E-state index in [1.165, 1.54) is 0 Å². The minimum Gasteiger partial charge on any atom is -0.298 e. The van der Waals surface area contributed by atoms with Crippen molar-refractivity contribution in [2.75, 3.05) is 0 Å². The zero-order valence-electron chi connectivity index (χ0n) is 8.51. The summed E-state index contributed by atoms with van der Waals surface area (Å²) in [6.07, 6.45) is 4.10. The van der Waals surface area contributed by atoms with Crippen molar-refractivity contribution < 1.29 is 4.79 Å². The van der Waals surface area contributed by atoms with Gasteiger partial charge in [-0.05, 0) is 13.0 Å². The van der Waals surface area contributed by atoms with Crippen molar-refractivity contribution in [3.8, 4) is 11.4 Å². The fourth-order valence-electron chi connectivity index (χ4n) is 1.38. The van der Waals surface area contributed by atoms with E-state index in [-0.39, 0.29) is 0 Å². The molecule has 0 fully saturated rings. The van der Waals surface area contributed by atoms with E-state index in [2.05, 4.69) is 15.1 Å². The lowest BCUT2D eigenvalue weighted by molar-refractivity contribution is 0.112. The third kappa shape index (κ3) is 1.76. The molecule has 2 aromatic heterocycles. The molecule has 0 amide bonds. The van der Waals surface area contributed by atoms with Crippen LogP contribution in [0, 0.1) is 6.92 Å². The van der Waals surface area contributed by atoms with E-state index in [1.54, 1.807) is 37.1 Å². The number of nitrogens with zero attached hydrogens (tertiary/aromatic N) is 4. The molecule has 76 valence electrons. The highest BCUT2D eigenvalue weighted by molar-refractivity contribution is 5.84. The van der Waals surface area contributed by atoms with Gasteiger partial charge in [0.1, 0.15) is 11.5 Å². The van der Waals surface area contributed by atoms with Gasteiger partial charge in [-0.2, -0.15) is 5.10 Å². The van der Waals surface area contributed by atoms with Crippen LogP contribution in [-0.2, 0) is 7.05 Å². The predicted octanol–water partition coefficient (Wildman–Crippen LogP) is 0.998. The van der Waals surface area contributed by atoms with Crippen LogP contribution in [0.3, 0.4) is 0 Å². The van der Waals surface area contributed by atoms with Gasteiger partial charge >= 0.3 is 0 Å². The average molecular weight is 202 g/mol. The SMILES string of the molecule is Cc1nccc(-c2nn(C)cc2C=O)n1. The third-order valence-electron chi connectivity index (χ3n) is 2.00. The van der Waals surface area contributed by atoms with E-state index in [1.807, 2.05) is 0 Å². The molecule has 2 aromatic rings. The van der Waals surface area contributed by atoms with Crippen molar-refractivity contribution in [2.45, 2.75) is 6.92 Å². The van der Waals surface area contributed by atoms with Gasteiger partial charge < -0.3 is 0 Å². The first-order valence-electron chi connectivity index (χ1n) is 4.49. The smallest absolute Gasteiger partial charge is 0.153 e. The number of carbonyl (C=O) groups is 1. The first kappa shape index (κ1) is 9.51. The van der Waals surface area contributed by atoms with Crippen LogP contribution in [0.4, 0.5) is 0 Å². The standard InChI is InChI=1S/C10H10N4O/c1-7-11-4-3-9(12-7)10-8(6-15)5-14(2)13-10/h3-6H,1-2H3. The number of aryl methyl sites for hydroxylation is 2. The lowest BCUT2D eigenvalue weighted by Gasteiger charge is -1.97. The summed E-state index contributed by atoms with van der Waals surface area (Å²) in [4.78, 5) is 19.0. The Bertz CT molecular complexity index is 504. The van der Waals surface area contributed by atoms with Gasteiger partial charge in [0.25, 0.3) is 0 Å². The number of rotatable bonds is 2. The highest BCUT2D eigenvalue weighted by Crippen LogP contribution is 2.17. The Balaban J connectivity index is 2.57. The van der Waals surface area contributed by atoms with E-state index in [0.717, 1.165) is 6.29 Å². The Hall–Kier alpha value is -2.04. The van der Waals surface area contributed by atoms with Gasteiger partial charge in [-0.3, -0.25) is 9.48 Å². The van der Waals surface area contributed by atoms with Gasteiger partial charge in [0.2, 0.25) is 0 Å². The fraction of sp³-hybridized carbons (Fsp3) is 0.200. The summed E-state index contributed by atoms with van der Waals surface area (Å²) in [6, 6.07) is 1.74. The molecule has 0 unspecified atom stereocenters. The largest absolute Gasteiger partial charge is 0.298 e. The molecule has 0 N–H and O–H groups in total. The van der Waals surface area contributed by atoms with E-state index in [9.17, 15) is 4.79 Å². The quantitative estimate of drug-likeness (QED) is 0.681. The molecule has 0 aliphatic rings. The van der Waals surface area contributed by atoms with E-state index in [4.69, 9.17) is 0 Å². The van der Waals surface area contributed by atoms with Gasteiger partial charge in [-0.15, -0.1) is 0 Å². The molecular weight excluding hydrogens is 192 g/mol. The molecule has 0 aromatic carbocycles. The minimum absolute atomic E-state index is 0.538. The Kier molecular flexibility index (Phi) is 2.29. The number of hydrogen-bond donors (Lipinski definition) is 0. The van der Waals surface area contributed by atoms with Crippen molar-refractivity contribution in [3.63, 3.8) is 0 Å². The summed E-state index contributed by atoms with van der Waals surface area (Å²) in [5.74, 6) is 0.662. The predicted molar refractivity (Wildman–Crippen MR) is 54.4 cm³/mol. The molecule has 0 spiro atoms. The van der Waals surface area contributed by atoms with Crippen molar-refractivity contribution in [1.29, 1.82) is 0 Å². The molecule has 0 aliphatic heterocycles. The Morgan fingerprint density at radius 2 is 2.27 bits per heavy atom. The zero-order chi connectivity index (χ0) is 10.8. The fourth-order valence-corrected chi connectivity index (χ4v) is 1.38. The van der Waals surface area contributed by atoms with Crippen LogP contribution >= 0.6 is 0 Å². The van der Waals surface area contributed by atoms with Crippen LogP contribution in [0.5, 0.6) is 0 Å². The molecule has 5 nitrogen and oxygen atoms in total. The highest BCUT2D eigenvalue weighted by atomic mass is 16.1. The molecule has 15 heavy (non-hydrogen) atoms. The molecule has 2 rings (SSSR count). The normalized spacial score (nSPS) is 10.3. The summed E-state index contributed by atoms with van der Waals surface area (Å²) in [7, 11) is 1.77. The second-order valence-electron chi connectivity index (χ2n) is 3.21. The maximum absolute atomic E-state index is 10.8. The zero-order valence-corrected chi connectivity index (χ0v) is 8.51. The first-order chi connectivity index (χ1) is 7.20. The maximum atomic E-state index is 10.8. The first-order valence-corrected chi connectivity index (χ1v) is 4.49. The number of aromatic nitrogens is 4. The molecule has 0 atom stereocenters. The lowest BCUT2D eigenvalue weighted by atomic mass is 10.2. The van der Waals surface area contributed by atoms with Crippen molar-refractivity contribution in [3.05, 3.63) is 29.8 Å². The Labute approximate surface area is 86.8 Å². The van der Waals surface area contributed by atoms with Gasteiger partial charge in [0, 0.05) is 19.4 Å². The number of hydrogen-bond acceptors (Lipinski definition) is 4. The van der Waals surface area contributed by atoms with Gasteiger partial charge in [0.05, 0.1) is 11.3 Å². The van der Waals surface area contributed by atoms with Crippen LogP contribution in [0.2, 0.25) is 0 Å². The summed E-state index contributed by atoms with van der Waals surface area (Å²) in [5.41, 5.74) is 1.80. The maximum Gasteiger partial charge on any atom is 0.153 e. The molecule has 0 saturated heterocycles. The summed E-state index contributed by atoms with van der Waals surface area (Å²) in [5, 5.41) is 4.19. The molecular formula is C10H10N4O. The highest BCUT2D eigenvalue weighted by Gasteiger charge is 2.10. The monoisotopic (exact) mass is 202 g/mol. The molecule has 0 aliphatic carbocycles. The third-order valence-corrected chi connectivity index (χ3v) is 2.00. The second kappa shape index (κ2) is 3.61. The summed E-state index contributed by atoms with van der Waals surface area (Å²) in [6.45, 7) is 1.80. The lowest BCUT2D eigenvalue weighted by Crippen LogP contribution is -1.93. The average Bonchev–Trinajstić information content (AvgIpc) is 2.59. The van der Waals surface area contributed by atoms with Gasteiger partial charge in [-0.25, -0.2) is 9.97 Å². The van der Waals surface area contributed by atoms with Crippen molar-refractivity contribution in [1.82, 2.24) is 19.7 Å². The van der Waals surface area contributed by atoms with Crippen molar-refractivity contribution in [2.24, 2.45) is 7.05 Å². The Morgan fingerprint density at radius 3 is 2.93 bits per heavy atom. The second-order valence-corrected chi connectivity index (χ2v) is 3.21. The summed E-state index contributed by atoms with van der Waals surface area (Å²) < 4.78 is 1.59. The summed E-state index contributed by atoms with van der Waals surface area (Å²) >= 11 is 0. The van der Waals surface area contributed by atoms with Crippen molar-refractivity contribution >= 4 is 6.29 Å². The topological polar surface area (TPSA) is 60.7 Å². The molecule has 0 radical (unpaired) electrons. The van der Waals surface area contributed by atoms with Crippen LogP contribution in [0.1, 0.15) is 16.2 Å². The minimum atomic E-state index is 0.538. The molecule has 0 bridgehead atoms.